The number of hydrogen-bond donors (Lipinski definition) is 1. The Kier molecular flexibility index (Phi) is 5.26. The lowest BCUT2D eigenvalue weighted by atomic mass is 9.80. The first kappa shape index (κ1) is 14.4. The van der Waals surface area contributed by atoms with E-state index >= 15 is 0 Å². The van der Waals surface area contributed by atoms with Crippen molar-refractivity contribution in [3.05, 3.63) is 29.8 Å². The quantitative estimate of drug-likeness (QED) is 0.873. The van der Waals surface area contributed by atoms with Gasteiger partial charge in [-0.15, -0.1) is 0 Å². The minimum Gasteiger partial charge on any atom is -0.496 e. The van der Waals surface area contributed by atoms with Crippen LogP contribution in [-0.4, -0.2) is 19.7 Å². The summed E-state index contributed by atoms with van der Waals surface area (Å²) in [6.45, 7) is 5.80. The SMILES string of the molecule is COc1ccccc1CCNC1CC(C)CCC1C. The monoisotopic (exact) mass is 261 g/mol. The van der Waals surface area contributed by atoms with Gasteiger partial charge < -0.3 is 10.1 Å². The number of ether oxygens (including phenoxy) is 1. The highest BCUT2D eigenvalue weighted by Crippen LogP contribution is 2.28. The molecule has 2 rings (SSSR count). The molecule has 0 aromatic heterocycles. The van der Waals surface area contributed by atoms with Gasteiger partial charge in [-0.3, -0.25) is 0 Å². The van der Waals surface area contributed by atoms with Crippen molar-refractivity contribution >= 4 is 0 Å². The molecular weight excluding hydrogens is 234 g/mol. The first-order valence-corrected chi connectivity index (χ1v) is 7.56. The molecule has 0 aliphatic heterocycles. The van der Waals surface area contributed by atoms with E-state index in [1.165, 1.54) is 24.8 Å². The van der Waals surface area contributed by atoms with E-state index in [0.717, 1.165) is 30.6 Å². The van der Waals surface area contributed by atoms with E-state index in [0.29, 0.717) is 6.04 Å². The molecule has 1 fully saturated rings. The van der Waals surface area contributed by atoms with E-state index in [1.54, 1.807) is 7.11 Å². The van der Waals surface area contributed by atoms with Crippen LogP contribution in [0.5, 0.6) is 5.75 Å². The first-order chi connectivity index (χ1) is 9.20. The van der Waals surface area contributed by atoms with Gasteiger partial charge in [0.15, 0.2) is 0 Å². The molecule has 19 heavy (non-hydrogen) atoms. The Balaban J connectivity index is 1.82. The second-order valence-electron chi connectivity index (χ2n) is 6.02. The second kappa shape index (κ2) is 6.95. The maximum atomic E-state index is 5.40. The minimum atomic E-state index is 0.693. The number of methoxy groups -OCH3 is 1. The summed E-state index contributed by atoms with van der Waals surface area (Å²) in [6.07, 6.45) is 5.13. The molecule has 2 nitrogen and oxygen atoms in total. The molecule has 1 aromatic rings. The van der Waals surface area contributed by atoms with E-state index in [1.807, 2.05) is 12.1 Å². The maximum Gasteiger partial charge on any atom is 0.122 e. The molecule has 0 amide bonds. The summed E-state index contributed by atoms with van der Waals surface area (Å²) in [7, 11) is 1.75. The Morgan fingerprint density at radius 2 is 2.00 bits per heavy atom. The van der Waals surface area contributed by atoms with Gasteiger partial charge in [-0.2, -0.15) is 0 Å². The third kappa shape index (κ3) is 3.97. The van der Waals surface area contributed by atoms with Gasteiger partial charge in [0, 0.05) is 6.04 Å². The molecule has 0 heterocycles. The minimum absolute atomic E-state index is 0.693. The highest BCUT2D eigenvalue weighted by atomic mass is 16.5. The summed E-state index contributed by atoms with van der Waals surface area (Å²) in [6, 6.07) is 9.01. The zero-order valence-corrected chi connectivity index (χ0v) is 12.5. The van der Waals surface area contributed by atoms with Crippen LogP contribution in [0.4, 0.5) is 0 Å². The lowest BCUT2D eigenvalue weighted by Gasteiger charge is -2.33. The highest BCUT2D eigenvalue weighted by molar-refractivity contribution is 5.33. The van der Waals surface area contributed by atoms with Crippen LogP contribution in [-0.2, 0) is 6.42 Å². The fourth-order valence-corrected chi connectivity index (χ4v) is 3.12. The molecule has 1 aromatic carbocycles. The molecule has 1 saturated carbocycles. The highest BCUT2D eigenvalue weighted by Gasteiger charge is 2.24. The number of para-hydroxylation sites is 1. The van der Waals surface area contributed by atoms with E-state index in [-0.39, 0.29) is 0 Å². The lowest BCUT2D eigenvalue weighted by molar-refractivity contribution is 0.229. The molecule has 3 unspecified atom stereocenters. The van der Waals surface area contributed by atoms with Crippen molar-refractivity contribution in [1.82, 2.24) is 5.32 Å². The predicted octanol–water partition coefficient (Wildman–Crippen LogP) is 3.65. The molecule has 0 spiro atoms. The molecule has 0 saturated heterocycles. The molecular formula is C17H27NO. The van der Waals surface area contributed by atoms with Crippen molar-refractivity contribution in [2.75, 3.05) is 13.7 Å². The Morgan fingerprint density at radius 1 is 1.21 bits per heavy atom. The van der Waals surface area contributed by atoms with Gasteiger partial charge in [0.2, 0.25) is 0 Å². The summed E-state index contributed by atoms with van der Waals surface area (Å²) >= 11 is 0. The molecule has 106 valence electrons. The van der Waals surface area contributed by atoms with E-state index in [9.17, 15) is 0 Å². The summed E-state index contributed by atoms with van der Waals surface area (Å²) < 4.78 is 5.40. The van der Waals surface area contributed by atoms with Crippen LogP contribution in [0.2, 0.25) is 0 Å². The molecule has 3 atom stereocenters. The van der Waals surface area contributed by atoms with Crippen molar-refractivity contribution in [1.29, 1.82) is 0 Å². The molecule has 2 heteroatoms. The third-order valence-corrected chi connectivity index (χ3v) is 4.45. The van der Waals surface area contributed by atoms with Crippen LogP contribution in [0.1, 0.15) is 38.7 Å². The van der Waals surface area contributed by atoms with Gasteiger partial charge in [0.25, 0.3) is 0 Å². The molecule has 0 bridgehead atoms. The summed E-state index contributed by atoms with van der Waals surface area (Å²) in [4.78, 5) is 0. The molecule has 1 N–H and O–H groups in total. The fourth-order valence-electron chi connectivity index (χ4n) is 3.12. The summed E-state index contributed by atoms with van der Waals surface area (Å²) in [5.74, 6) is 2.70. The van der Waals surface area contributed by atoms with Gasteiger partial charge in [-0.1, -0.05) is 38.5 Å². The molecule has 1 aliphatic carbocycles. The van der Waals surface area contributed by atoms with Crippen LogP contribution in [0.25, 0.3) is 0 Å². The van der Waals surface area contributed by atoms with E-state index < -0.39 is 0 Å². The van der Waals surface area contributed by atoms with E-state index in [4.69, 9.17) is 4.74 Å². The second-order valence-corrected chi connectivity index (χ2v) is 6.02. The van der Waals surface area contributed by atoms with Crippen LogP contribution >= 0.6 is 0 Å². The normalized spacial score (nSPS) is 27.2. The zero-order valence-electron chi connectivity index (χ0n) is 12.5. The molecule has 1 aliphatic rings. The Morgan fingerprint density at radius 3 is 2.79 bits per heavy atom. The number of rotatable bonds is 5. The zero-order chi connectivity index (χ0) is 13.7. The van der Waals surface area contributed by atoms with Gasteiger partial charge in [0.1, 0.15) is 5.75 Å². The third-order valence-electron chi connectivity index (χ3n) is 4.45. The molecule has 0 radical (unpaired) electrons. The number of nitrogens with one attached hydrogen (secondary N) is 1. The average molecular weight is 261 g/mol. The van der Waals surface area contributed by atoms with Gasteiger partial charge in [-0.05, 0) is 49.3 Å². The van der Waals surface area contributed by atoms with Crippen molar-refractivity contribution in [3.8, 4) is 5.75 Å². The van der Waals surface area contributed by atoms with Crippen LogP contribution in [0, 0.1) is 11.8 Å². The van der Waals surface area contributed by atoms with Crippen LogP contribution in [0.3, 0.4) is 0 Å². The van der Waals surface area contributed by atoms with Gasteiger partial charge >= 0.3 is 0 Å². The Hall–Kier alpha value is -1.02. The smallest absolute Gasteiger partial charge is 0.122 e. The fraction of sp³-hybridized carbons (Fsp3) is 0.647. The van der Waals surface area contributed by atoms with Gasteiger partial charge in [-0.25, -0.2) is 0 Å². The van der Waals surface area contributed by atoms with Crippen LogP contribution in [0.15, 0.2) is 24.3 Å². The van der Waals surface area contributed by atoms with E-state index in [2.05, 4.69) is 31.3 Å². The van der Waals surface area contributed by atoms with Crippen molar-refractivity contribution in [2.45, 2.75) is 45.6 Å². The number of hydrogen-bond acceptors (Lipinski definition) is 2. The summed E-state index contributed by atoms with van der Waals surface area (Å²) in [5, 5.41) is 3.75. The summed E-state index contributed by atoms with van der Waals surface area (Å²) in [5.41, 5.74) is 1.30. The van der Waals surface area contributed by atoms with Crippen molar-refractivity contribution in [3.63, 3.8) is 0 Å². The average Bonchev–Trinajstić information content (AvgIpc) is 2.43. The predicted molar refractivity (Wildman–Crippen MR) is 80.7 cm³/mol. The van der Waals surface area contributed by atoms with Gasteiger partial charge in [0.05, 0.1) is 7.11 Å². The van der Waals surface area contributed by atoms with Crippen molar-refractivity contribution in [2.24, 2.45) is 11.8 Å². The van der Waals surface area contributed by atoms with Crippen LogP contribution < -0.4 is 10.1 Å². The Bertz CT molecular complexity index is 391. The largest absolute Gasteiger partial charge is 0.496 e. The lowest BCUT2D eigenvalue weighted by Crippen LogP contribution is -2.40. The Labute approximate surface area is 117 Å². The number of benzene rings is 1. The van der Waals surface area contributed by atoms with Crippen molar-refractivity contribution < 1.29 is 4.74 Å². The topological polar surface area (TPSA) is 21.3 Å². The maximum absolute atomic E-state index is 5.40. The first-order valence-electron chi connectivity index (χ1n) is 7.56. The standard InChI is InChI=1S/C17H27NO/c1-13-8-9-14(2)16(12-13)18-11-10-15-6-4-5-7-17(15)19-3/h4-7,13-14,16,18H,8-12H2,1-3H3.